The Balaban J connectivity index is 2.27. The average molecular weight is 305 g/mol. The topological polar surface area (TPSA) is 69.2 Å². The molecule has 0 aliphatic rings. The van der Waals surface area contributed by atoms with Crippen LogP contribution in [0.5, 0.6) is 5.75 Å². The van der Waals surface area contributed by atoms with Gasteiger partial charge in [0.15, 0.2) is 0 Å². The van der Waals surface area contributed by atoms with Gasteiger partial charge < -0.3 is 4.74 Å². The lowest BCUT2D eigenvalue weighted by Gasteiger charge is -2.03. The van der Waals surface area contributed by atoms with E-state index in [9.17, 15) is 8.42 Å². The van der Waals surface area contributed by atoms with Crippen molar-refractivity contribution in [3.8, 4) is 5.75 Å². The van der Waals surface area contributed by atoms with Gasteiger partial charge in [-0.05, 0) is 40.8 Å². The van der Waals surface area contributed by atoms with Crippen LogP contribution in [0, 0.1) is 0 Å². The minimum Gasteiger partial charge on any atom is -0.497 e. The molecule has 2 aromatic rings. The normalized spacial score (nSPS) is 11.4. The number of sulfone groups is 1. The maximum absolute atomic E-state index is 12.0. The van der Waals surface area contributed by atoms with Crippen LogP contribution in [-0.4, -0.2) is 24.9 Å². The van der Waals surface area contributed by atoms with Crippen LogP contribution >= 0.6 is 23.1 Å². The van der Waals surface area contributed by atoms with Gasteiger partial charge in [0.2, 0.25) is 19.5 Å². The molecule has 0 aliphatic carbocycles. The maximum Gasteiger partial charge on any atom is 0.235 e. The van der Waals surface area contributed by atoms with Gasteiger partial charge in [0, 0.05) is 0 Å². The summed E-state index contributed by atoms with van der Waals surface area (Å²) in [6, 6.07) is 6.86. The summed E-state index contributed by atoms with van der Waals surface area (Å²) < 4.78 is 32.7. The molecular formula is C10H9ClN2O3S2. The fraction of sp³-hybridized carbons (Fsp3) is 0.200. The Kier molecular flexibility index (Phi) is 3.84. The summed E-state index contributed by atoms with van der Waals surface area (Å²) >= 11 is 6.29. The molecule has 0 N–H and O–H groups in total. The van der Waals surface area contributed by atoms with E-state index in [-0.39, 0.29) is 15.4 Å². The van der Waals surface area contributed by atoms with Crippen LogP contribution in [0.3, 0.4) is 0 Å². The summed E-state index contributed by atoms with van der Waals surface area (Å²) in [5.74, 6) is 0.452. The first-order valence-corrected chi connectivity index (χ1v) is 7.66. The smallest absolute Gasteiger partial charge is 0.235 e. The minimum absolute atomic E-state index is 0.0517. The monoisotopic (exact) mass is 304 g/mol. The van der Waals surface area contributed by atoms with E-state index < -0.39 is 9.84 Å². The molecule has 0 saturated carbocycles. The molecule has 1 aromatic heterocycles. The second kappa shape index (κ2) is 5.21. The molecule has 0 fully saturated rings. The minimum atomic E-state index is -3.51. The molecule has 0 bridgehead atoms. The molecule has 96 valence electrons. The molecule has 0 saturated heterocycles. The maximum atomic E-state index is 12.0. The molecule has 1 aromatic carbocycles. The average Bonchev–Trinajstić information content (AvgIpc) is 2.76. The number of ether oxygens (including phenoxy) is 1. The van der Waals surface area contributed by atoms with Crippen molar-refractivity contribution in [2.75, 3.05) is 7.11 Å². The Labute approximate surface area is 113 Å². The summed E-state index contributed by atoms with van der Waals surface area (Å²) in [7, 11) is -1.99. The highest BCUT2D eigenvalue weighted by atomic mass is 35.5. The molecule has 0 atom stereocenters. The van der Waals surface area contributed by atoms with Crippen molar-refractivity contribution in [2.45, 2.75) is 10.1 Å². The number of hydrogen-bond acceptors (Lipinski definition) is 6. The van der Waals surface area contributed by atoms with Crippen molar-refractivity contribution in [3.63, 3.8) is 0 Å². The lowest BCUT2D eigenvalue weighted by Crippen LogP contribution is -2.04. The highest BCUT2D eigenvalue weighted by Crippen LogP contribution is 2.21. The third-order valence-electron chi connectivity index (χ3n) is 2.14. The Bertz CT molecular complexity index is 655. The lowest BCUT2D eigenvalue weighted by atomic mass is 10.2. The molecule has 0 radical (unpaired) electrons. The Morgan fingerprint density at radius 1 is 1.44 bits per heavy atom. The first-order chi connectivity index (χ1) is 8.51. The van der Waals surface area contributed by atoms with Gasteiger partial charge in [0.25, 0.3) is 0 Å². The third-order valence-corrected chi connectivity index (χ3v) is 5.24. The molecular weight excluding hydrogens is 296 g/mol. The summed E-state index contributed by atoms with van der Waals surface area (Å²) in [4.78, 5) is 3.67. The molecule has 5 nitrogen and oxygen atoms in total. The number of nitrogens with zero attached hydrogens (tertiary/aromatic N) is 2. The fourth-order valence-electron chi connectivity index (χ4n) is 1.36. The van der Waals surface area contributed by atoms with Gasteiger partial charge in [-0.3, -0.25) is 0 Å². The van der Waals surface area contributed by atoms with Crippen molar-refractivity contribution in [2.24, 2.45) is 0 Å². The van der Waals surface area contributed by atoms with E-state index in [1.807, 2.05) is 0 Å². The van der Waals surface area contributed by atoms with Crippen LogP contribution in [0.1, 0.15) is 5.56 Å². The Morgan fingerprint density at radius 3 is 2.83 bits per heavy atom. The van der Waals surface area contributed by atoms with Gasteiger partial charge in [-0.15, -0.1) is 0 Å². The SMILES string of the molecule is COc1cccc(CS(=O)(=O)c2nc(Cl)ns2)c1. The first kappa shape index (κ1) is 13.3. The van der Waals surface area contributed by atoms with Crippen LogP contribution in [0.25, 0.3) is 0 Å². The Hall–Kier alpha value is -1.18. The van der Waals surface area contributed by atoms with Crippen molar-refractivity contribution >= 4 is 33.0 Å². The zero-order valence-electron chi connectivity index (χ0n) is 9.33. The van der Waals surface area contributed by atoms with E-state index in [1.165, 1.54) is 7.11 Å². The molecule has 0 spiro atoms. The predicted octanol–water partition coefficient (Wildman–Crippen LogP) is 2.17. The summed E-state index contributed by atoms with van der Waals surface area (Å²) in [6.07, 6.45) is 0. The number of methoxy groups -OCH3 is 1. The van der Waals surface area contributed by atoms with Crippen molar-refractivity contribution in [1.82, 2.24) is 9.36 Å². The highest BCUT2D eigenvalue weighted by Gasteiger charge is 2.20. The molecule has 18 heavy (non-hydrogen) atoms. The van der Waals surface area contributed by atoms with Crippen molar-refractivity contribution in [1.29, 1.82) is 0 Å². The molecule has 1 heterocycles. The first-order valence-electron chi connectivity index (χ1n) is 4.86. The molecule has 2 rings (SSSR count). The van der Waals surface area contributed by atoms with Gasteiger partial charge in [0.05, 0.1) is 12.9 Å². The van der Waals surface area contributed by atoms with Gasteiger partial charge >= 0.3 is 0 Å². The largest absolute Gasteiger partial charge is 0.497 e. The summed E-state index contributed by atoms with van der Waals surface area (Å²) in [6.45, 7) is 0. The van der Waals surface area contributed by atoms with Crippen LogP contribution in [-0.2, 0) is 15.6 Å². The zero-order chi connectivity index (χ0) is 13.2. The van der Waals surface area contributed by atoms with Gasteiger partial charge in [-0.2, -0.15) is 9.36 Å². The fourth-order valence-corrected chi connectivity index (χ4v) is 3.68. The van der Waals surface area contributed by atoms with Crippen molar-refractivity contribution in [3.05, 3.63) is 35.1 Å². The number of rotatable bonds is 4. The third kappa shape index (κ3) is 2.98. The molecule has 8 heteroatoms. The van der Waals surface area contributed by atoms with E-state index in [2.05, 4.69) is 9.36 Å². The van der Waals surface area contributed by atoms with Crippen molar-refractivity contribution < 1.29 is 13.2 Å². The standard InChI is InChI=1S/C10H9ClN2O3S2/c1-16-8-4-2-3-7(5-8)6-18(14,15)10-12-9(11)13-17-10/h2-5H,6H2,1H3. The van der Waals surface area contributed by atoms with Gasteiger partial charge in [-0.25, -0.2) is 8.42 Å². The molecule has 0 unspecified atom stereocenters. The second-order valence-electron chi connectivity index (χ2n) is 3.44. The van der Waals surface area contributed by atoms with E-state index >= 15 is 0 Å². The number of halogens is 1. The van der Waals surface area contributed by atoms with Crippen LogP contribution in [0.2, 0.25) is 5.28 Å². The lowest BCUT2D eigenvalue weighted by molar-refractivity contribution is 0.414. The van der Waals surface area contributed by atoms with E-state index in [0.717, 1.165) is 11.5 Å². The highest BCUT2D eigenvalue weighted by molar-refractivity contribution is 7.92. The van der Waals surface area contributed by atoms with Crippen LogP contribution in [0.4, 0.5) is 0 Å². The second-order valence-corrected chi connectivity index (χ2v) is 6.69. The number of benzene rings is 1. The summed E-state index contributed by atoms with van der Waals surface area (Å²) in [5.41, 5.74) is 0.626. The Morgan fingerprint density at radius 2 is 2.22 bits per heavy atom. The predicted molar refractivity (Wildman–Crippen MR) is 68.8 cm³/mol. The van der Waals surface area contributed by atoms with E-state index in [4.69, 9.17) is 16.3 Å². The van der Waals surface area contributed by atoms with Gasteiger partial charge in [0.1, 0.15) is 5.75 Å². The van der Waals surface area contributed by atoms with E-state index in [1.54, 1.807) is 24.3 Å². The summed E-state index contributed by atoms with van der Waals surface area (Å²) in [5, 5.41) is -0.0517. The van der Waals surface area contributed by atoms with E-state index in [0.29, 0.717) is 11.3 Å². The van der Waals surface area contributed by atoms with Crippen LogP contribution < -0.4 is 4.74 Å². The quantitative estimate of drug-likeness (QED) is 0.866. The molecule has 0 amide bonds. The number of hydrogen-bond donors (Lipinski definition) is 0. The number of aromatic nitrogens is 2. The van der Waals surface area contributed by atoms with Gasteiger partial charge in [-0.1, -0.05) is 12.1 Å². The molecule has 0 aliphatic heterocycles. The van der Waals surface area contributed by atoms with Crippen LogP contribution in [0.15, 0.2) is 28.6 Å². The zero-order valence-corrected chi connectivity index (χ0v) is 11.7.